The minimum Gasteiger partial charge on any atom is -0.355 e. The second-order valence-corrected chi connectivity index (χ2v) is 6.75. The number of amides is 1. The van der Waals surface area contributed by atoms with Gasteiger partial charge in [-0.2, -0.15) is 5.10 Å². The average molecular weight is 364 g/mol. The highest BCUT2D eigenvalue weighted by molar-refractivity contribution is 5.94. The molecule has 1 aliphatic heterocycles. The summed E-state index contributed by atoms with van der Waals surface area (Å²) in [5, 5.41) is 10.5. The van der Waals surface area contributed by atoms with E-state index in [-0.39, 0.29) is 17.8 Å². The number of H-pyrrole nitrogens is 1. The number of hydrogen-bond donors (Lipinski definition) is 2. The largest absolute Gasteiger partial charge is 0.355 e. The molecule has 0 spiro atoms. The molecule has 2 heterocycles. The number of halogens is 1. The van der Waals surface area contributed by atoms with Gasteiger partial charge in [0.05, 0.1) is 5.69 Å². The topological polar surface area (TPSA) is 61.0 Å². The van der Waals surface area contributed by atoms with E-state index in [0.717, 1.165) is 43.0 Å². The van der Waals surface area contributed by atoms with Gasteiger partial charge in [-0.1, -0.05) is 18.2 Å². The van der Waals surface area contributed by atoms with Gasteiger partial charge < -0.3 is 10.2 Å². The lowest BCUT2D eigenvalue weighted by molar-refractivity contribution is 0.0931. The second kappa shape index (κ2) is 7.61. The van der Waals surface area contributed by atoms with E-state index in [0.29, 0.717) is 5.56 Å². The fourth-order valence-electron chi connectivity index (χ4n) is 3.36. The molecule has 2 N–H and O–H groups in total. The highest BCUT2D eigenvalue weighted by Crippen LogP contribution is 2.24. The van der Waals surface area contributed by atoms with Crippen LogP contribution < -0.4 is 10.2 Å². The Labute approximate surface area is 157 Å². The van der Waals surface area contributed by atoms with Crippen molar-refractivity contribution in [1.82, 2.24) is 15.5 Å². The first-order valence-electron chi connectivity index (χ1n) is 9.11. The zero-order chi connectivity index (χ0) is 18.6. The van der Waals surface area contributed by atoms with Crippen LogP contribution in [0.1, 0.15) is 23.2 Å². The molecular formula is C21H21FN4O. The predicted octanol–water partition coefficient (Wildman–Crippen LogP) is 3.61. The third-order valence-corrected chi connectivity index (χ3v) is 4.91. The van der Waals surface area contributed by atoms with Gasteiger partial charge in [0, 0.05) is 30.8 Å². The summed E-state index contributed by atoms with van der Waals surface area (Å²) in [5.41, 5.74) is 2.46. The molecule has 0 atom stereocenters. The van der Waals surface area contributed by atoms with E-state index < -0.39 is 0 Å². The number of piperidine rings is 1. The highest BCUT2D eigenvalue weighted by Gasteiger charge is 2.22. The monoisotopic (exact) mass is 364 g/mol. The number of rotatable bonds is 4. The Morgan fingerprint density at radius 3 is 2.48 bits per heavy atom. The van der Waals surface area contributed by atoms with Gasteiger partial charge in [-0.15, -0.1) is 0 Å². The van der Waals surface area contributed by atoms with Crippen LogP contribution in [0.2, 0.25) is 0 Å². The van der Waals surface area contributed by atoms with E-state index in [2.05, 4.69) is 20.4 Å². The van der Waals surface area contributed by atoms with Gasteiger partial charge in [-0.3, -0.25) is 9.89 Å². The number of carbonyl (C=O) groups excluding carboxylic acids is 1. The quantitative estimate of drug-likeness (QED) is 0.743. The van der Waals surface area contributed by atoms with E-state index in [4.69, 9.17) is 0 Å². The van der Waals surface area contributed by atoms with Crippen LogP contribution in [0.25, 0.3) is 11.3 Å². The van der Waals surface area contributed by atoms with Crippen LogP contribution in [0.4, 0.5) is 10.2 Å². The van der Waals surface area contributed by atoms with E-state index >= 15 is 0 Å². The first kappa shape index (κ1) is 17.3. The lowest BCUT2D eigenvalue weighted by Crippen LogP contribution is -2.44. The Morgan fingerprint density at radius 2 is 1.78 bits per heavy atom. The molecule has 1 fully saturated rings. The van der Waals surface area contributed by atoms with Crippen molar-refractivity contribution in [2.24, 2.45) is 0 Å². The molecule has 1 saturated heterocycles. The summed E-state index contributed by atoms with van der Waals surface area (Å²) in [5.74, 6) is 0.604. The Kier molecular flexibility index (Phi) is 4.87. The van der Waals surface area contributed by atoms with Crippen LogP contribution in [-0.2, 0) is 0 Å². The summed E-state index contributed by atoms with van der Waals surface area (Å²) in [6.07, 6.45) is 1.74. The zero-order valence-electron chi connectivity index (χ0n) is 14.9. The molecule has 5 nitrogen and oxygen atoms in total. The van der Waals surface area contributed by atoms with Crippen LogP contribution in [-0.4, -0.2) is 35.2 Å². The Hall–Kier alpha value is -3.15. The Balaban J connectivity index is 1.34. The van der Waals surface area contributed by atoms with Gasteiger partial charge in [0.2, 0.25) is 0 Å². The molecule has 0 unspecified atom stereocenters. The summed E-state index contributed by atoms with van der Waals surface area (Å²) in [4.78, 5) is 14.5. The SMILES string of the molecule is O=C(NC1CCN(c2cc(-c3ccc(F)cc3)[nH]n2)CC1)c1ccccc1. The van der Waals surface area contributed by atoms with Crippen molar-refractivity contribution in [1.29, 1.82) is 0 Å². The van der Waals surface area contributed by atoms with Gasteiger partial charge in [0.15, 0.2) is 5.82 Å². The van der Waals surface area contributed by atoms with Crippen LogP contribution in [0.3, 0.4) is 0 Å². The van der Waals surface area contributed by atoms with E-state index in [1.807, 2.05) is 36.4 Å². The Morgan fingerprint density at radius 1 is 1.07 bits per heavy atom. The maximum atomic E-state index is 13.1. The number of benzene rings is 2. The van der Waals surface area contributed by atoms with Crippen molar-refractivity contribution < 1.29 is 9.18 Å². The molecule has 6 heteroatoms. The summed E-state index contributed by atoms with van der Waals surface area (Å²) in [6, 6.07) is 17.8. The summed E-state index contributed by atoms with van der Waals surface area (Å²) >= 11 is 0. The smallest absolute Gasteiger partial charge is 0.251 e. The lowest BCUT2D eigenvalue weighted by Gasteiger charge is -2.32. The van der Waals surface area contributed by atoms with Gasteiger partial charge in [-0.25, -0.2) is 4.39 Å². The lowest BCUT2D eigenvalue weighted by atomic mass is 10.0. The molecule has 0 saturated carbocycles. The van der Waals surface area contributed by atoms with Crippen molar-refractivity contribution in [3.8, 4) is 11.3 Å². The third-order valence-electron chi connectivity index (χ3n) is 4.91. The van der Waals surface area contributed by atoms with Crippen molar-refractivity contribution in [2.45, 2.75) is 18.9 Å². The first-order chi connectivity index (χ1) is 13.2. The number of nitrogens with zero attached hydrogens (tertiary/aromatic N) is 2. The van der Waals surface area contributed by atoms with Crippen molar-refractivity contribution >= 4 is 11.7 Å². The average Bonchev–Trinajstić information content (AvgIpc) is 3.20. The second-order valence-electron chi connectivity index (χ2n) is 6.75. The number of aromatic nitrogens is 2. The number of nitrogens with one attached hydrogen (secondary N) is 2. The van der Waals surface area contributed by atoms with Gasteiger partial charge >= 0.3 is 0 Å². The van der Waals surface area contributed by atoms with Crippen molar-refractivity contribution in [2.75, 3.05) is 18.0 Å². The minimum absolute atomic E-state index is 0.0209. The van der Waals surface area contributed by atoms with Crippen LogP contribution in [0, 0.1) is 5.82 Å². The molecule has 27 heavy (non-hydrogen) atoms. The maximum Gasteiger partial charge on any atom is 0.251 e. The third kappa shape index (κ3) is 4.00. The molecular weight excluding hydrogens is 343 g/mol. The number of anilines is 1. The molecule has 1 aromatic heterocycles. The fourth-order valence-corrected chi connectivity index (χ4v) is 3.36. The molecule has 2 aromatic carbocycles. The summed E-state index contributed by atoms with van der Waals surface area (Å²) in [7, 11) is 0. The molecule has 0 bridgehead atoms. The van der Waals surface area contributed by atoms with Crippen molar-refractivity contribution in [3.63, 3.8) is 0 Å². The molecule has 0 aliphatic carbocycles. The molecule has 1 aliphatic rings. The van der Waals surface area contributed by atoms with E-state index in [1.165, 1.54) is 12.1 Å². The Bertz CT molecular complexity index is 899. The zero-order valence-corrected chi connectivity index (χ0v) is 14.9. The first-order valence-corrected chi connectivity index (χ1v) is 9.11. The van der Waals surface area contributed by atoms with Crippen molar-refractivity contribution in [3.05, 3.63) is 72.0 Å². The number of carbonyl (C=O) groups is 1. The van der Waals surface area contributed by atoms with E-state index in [9.17, 15) is 9.18 Å². The molecule has 138 valence electrons. The van der Waals surface area contributed by atoms with Gasteiger partial charge in [-0.05, 0) is 54.8 Å². The summed E-state index contributed by atoms with van der Waals surface area (Å²) < 4.78 is 13.1. The molecule has 0 radical (unpaired) electrons. The normalized spacial score (nSPS) is 14.9. The van der Waals surface area contributed by atoms with E-state index in [1.54, 1.807) is 12.1 Å². The standard InChI is InChI=1S/C21H21FN4O/c22-17-8-6-15(7-9-17)19-14-20(25-24-19)26-12-10-18(11-13-26)23-21(27)16-4-2-1-3-5-16/h1-9,14,18H,10-13H2,(H,23,27)(H,24,25). The fraction of sp³-hybridized carbons (Fsp3) is 0.238. The summed E-state index contributed by atoms with van der Waals surface area (Å²) in [6.45, 7) is 1.65. The number of hydrogen-bond acceptors (Lipinski definition) is 3. The highest BCUT2D eigenvalue weighted by atomic mass is 19.1. The minimum atomic E-state index is -0.252. The molecule has 3 aromatic rings. The van der Waals surface area contributed by atoms with Gasteiger partial charge in [0.25, 0.3) is 5.91 Å². The van der Waals surface area contributed by atoms with Crippen LogP contribution >= 0.6 is 0 Å². The van der Waals surface area contributed by atoms with Crippen LogP contribution in [0.15, 0.2) is 60.7 Å². The maximum absolute atomic E-state index is 13.1. The molecule has 4 rings (SSSR count). The predicted molar refractivity (Wildman–Crippen MR) is 103 cm³/mol. The molecule has 1 amide bonds. The number of aromatic amines is 1. The van der Waals surface area contributed by atoms with Crippen LogP contribution in [0.5, 0.6) is 0 Å². The van der Waals surface area contributed by atoms with Gasteiger partial charge in [0.1, 0.15) is 5.82 Å².